The summed E-state index contributed by atoms with van der Waals surface area (Å²) in [6.07, 6.45) is 1.99. The normalized spacial score (nSPS) is 14.9. The van der Waals surface area contributed by atoms with E-state index < -0.39 is 0 Å². The topological polar surface area (TPSA) is 35.2 Å². The minimum Gasteiger partial charge on any atom is -0.492 e. The minimum atomic E-state index is 0.607. The molecular formula is C9H9BrClNO. The van der Waals surface area contributed by atoms with Crippen molar-refractivity contribution in [2.24, 2.45) is 0 Å². The first-order chi connectivity index (χ1) is 6.20. The molecule has 0 unspecified atom stereocenters. The Morgan fingerprint density at radius 2 is 2.31 bits per heavy atom. The van der Waals surface area contributed by atoms with Crippen LogP contribution in [0.4, 0.5) is 5.69 Å². The predicted octanol–water partition coefficient (Wildman–Crippen LogP) is 3.01. The molecule has 2 N–H and O–H groups in total. The van der Waals surface area contributed by atoms with Gasteiger partial charge in [0.05, 0.1) is 11.6 Å². The molecule has 2 rings (SSSR count). The van der Waals surface area contributed by atoms with Crippen LogP contribution in [0, 0.1) is 0 Å². The number of benzene rings is 1. The SMILES string of the molecule is Nc1cc(Cl)c2c(c1Br)CCCO2. The van der Waals surface area contributed by atoms with Gasteiger partial charge < -0.3 is 10.5 Å². The molecule has 0 atom stereocenters. The zero-order chi connectivity index (χ0) is 9.42. The van der Waals surface area contributed by atoms with Crippen LogP contribution in [0.25, 0.3) is 0 Å². The lowest BCUT2D eigenvalue weighted by Crippen LogP contribution is -2.10. The summed E-state index contributed by atoms with van der Waals surface area (Å²) in [7, 11) is 0. The number of nitrogens with two attached hydrogens (primary N) is 1. The van der Waals surface area contributed by atoms with Gasteiger partial charge in [0, 0.05) is 15.7 Å². The maximum atomic E-state index is 5.99. The summed E-state index contributed by atoms with van der Waals surface area (Å²) < 4.78 is 6.40. The Morgan fingerprint density at radius 3 is 3.08 bits per heavy atom. The van der Waals surface area contributed by atoms with Gasteiger partial charge in [-0.05, 0) is 34.8 Å². The summed E-state index contributed by atoms with van der Waals surface area (Å²) in [6.45, 7) is 0.739. The van der Waals surface area contributed by atoms with E-state index in [4.69, 9.17) is 22.1 Å². The van der Waals surface area contributed by atoms with E-state index in [-0.39, 0.29) is 0 Å². The van der Waals surface area contributed by atoms with Gasteiger partial charge in [0.25, 0.3) is 0 Å². The molecule has 13 heavy (non-hydrogen) atoms. The average Bonchev–Trinajstić information content (AvgIpc) is 2.15. The number of nitrogen functional groups attached to an aromatic ring is 1. The molecule has 0 amide bonds. The first kappa shape index (κ1) is 9.16. The van der Waals surface area contributed by atoms with Gasteiger partial charge >= 0.3 is 0 Å². The molecule has 4 heteroatoms. The number of anilines is 1. The van der Waals surface area contributed by atoms with Crippen LogP contribution in [0.3, 0.4) is 0 Å². The second-order valence-electron chi connectivity index (χ2n) is 3.02. The second kappa shape index (κ2) is 3.39. The van der Waals surface area contributed by atoms with Crippen LogP contribution in [0.2, 0.25) is 5.02 Å². The van der Waals surface area contributed by atoms with E-state index in [0.29, 0.717) is 10.7 Å². The molecule has 0 aliphatic carbocycles. The molecule has 1 heterocycles. The third-order valence-electron chi connectivity index (χ3n) is 2.11. The van der Waals surface area contributed by atoms with Crippen LogP contribution >= 0.6 is 27.5 Å². The average molecular weight is 263 g/mol. The summed E-state index contributed by atoms with van der Waals surface area (Å²) in [5, 5.41) is 0.607. The van der Waals surface area contributed by atoms with E-state index in [2.05, 4.69) is 15.9 Å². The van der Waals surface area contributed by atoms with Crippen molar-refractivity contribution < 1.29 is 4.74 Å². The highest BCUT2D eigenvalue weighted by molar-refractivity contribution is 9.10. The number of hydrogen-bond donors (Lipinski definition) is 1. The van der Waals surface area contributed by atoms with Gasteiger partial charge in [-0.15, -0.1) is 0 Å². The van der Waals surface area contributed by atoms with E-state index in [0.717, 1.165) is 35.2 Å². The maximum Gasteiger partial charge on any atom is 0.142 e. The molecule has 0 radical (unpaired) electrons. The third-order valence-corrected chi connectivity index (χ3v) is 3.33. The smallest absolute Gasteiger partial charge is 0.142 e. The fraction of sp³-hybridized carbons (Fsp3) is 0.333. The Bertz CT molecular complexity index is 354. The Kier molecular flexibility index (Phi) is 2.39. The number of halogens is 2. The fourth-order valence-electron chi connectivity index (χ4n) is 1.49. The molecule has 1 aliphatic heterocycles. The summed E-state index contributed by atoms with van der Waals surface area (Å²) in [4.78, 5) is 0. The summed E-state index contributed by atoms with van der Waals surface area (Å²) in [6, 6.07) is 1.72. The molecule has 0 bridgehead atoms. The molecular weight excluding hydrogens is 253 g/mol. The lowest BCUT2D eigenvalue weighted by molar-refractivity contribution is 0.288. The number of fused-ring (bicyclic) bond motifs is 1. The highest BCUT2D eigenvalue weighted by atomic mass is 79.9. The zero-order valence-electron chi connectivity index (χ0n) is 6.94. The van der Waals surface area contributed by atoms with Crippen LogP contribution in [0.1, 0.15) is 12.0 Å². The molecule has 0 saturated heterocycles. The fourth-order valence-corrected chi connectivity index (χ4v) is 2.26. The van der Waals surface area contributed by atoms with Gasteiger partial charge in [0.15, 0.2) is 0 Å². The van der Waals surface area contributed by atoms with Gasteiger partial charge in [-0.1, -0.05) is 11.6 Å². The van der Waals surface area contributed by atoms with Gasteiger partial charge in [0.1, 0.15) is 5.75 Å². The quantitative estimate of drug-likeness (QED) is 0.730. The lowest BCUT2D eigenvalue weighted by Gasteiger charge is -2.20. The van der Waals surface area contributed by atoms with Crippen molar-refractivity contribution in [1.29, 1.82) is 0 Å². The minimum absolute atomic E-state index is 0.607. The Balaban J connectivity index is 2.63. The molecule has 1 aromatic rings. The predicted molar refractivity (Wildman–Crippen MR) is 57.4 cm³/mol. The number of rotatable bonds is 0. The van der Waals surface area contributed by atoms with Crippen LogP contribution < -0.4 is 10.5 Å². The molecule has 0 saturated carbocycles. The number of ether oxygens (including phenoxy) is 1. The van der Waals surface area contributed by atoms with Crippen molar-refractivity contribution in [2.75, 3.05) is 12.3 Å². The van der Waals surface area contributed by atoms with E-state index in [1.807, 2.05) is 0 Å². The third kappa shape index (κ3) is 1.51. The van der Waals surface area contributed by atoms with Gasteiger partial charge in [-0.3, -0.25) is 0 Å². The van der Waals surface area contributed by atoms with Crippen molar-refractivity contribution in [3.63, 3.8) is 0 Å². The van der Waals surface area contributed by atoms with Crippen molar-refractivity contribution in [3.05, 3.63) is 21.1 Å². The monoisotopic (exact) mass is 261 g/mol. The standard InChI is InChI=1S/C9H9BrClNO/c10-8-5-2-1-3-13-9(5)6(11)4-7(8)12/h4H,1-3,12H2. The van der Waals surface area contributed by atoms with Crippen molar-refractivity contribution >= 4 is 33.2 Å². The van der Waals surface area contributed by atoms with E-state index >= 15 is 0 Å². The molecule has 0 aromatic heterocycles. The van der Waals surface area contributed by atoms with E-state index in [1.165, 1.54) is 0 Å². The number of hydrogen-bond acceptors (Lipinski definition) is 2. The highest BCUT2D eigenvalue weighted by Crippen LogP contribution is 2.40. The van der Waals surface area contributed by atoms with E-state index in [1.54, 1.807) is 6.07 Å². The van der Waals surface area contributed by atoms with Crippen LogP contribution in [-0.2, 0) is 6.42 Å². The van der Waals surface area contributed by atoms with Crippen LogP contribution in [0.5, 0.6) is 5.75 Å². The lowest BCUT2D eigenvalue weighted by atomic mass is 10.1. The Hall–Kier alpha value is -0.410. The molecule has 1 aliphatic rings. The zero-order valence-corrected chi connectivity index (χ0v) is 9.28. The van der Waals surface area contributed by atoms with Crippen molar-refractivity contribution in [3.8, 4) is 5.75 Å². The molecule has 2 nitrogen and oxygen atoms in total. The maximum absolute atomic E-state index is 5.99. The Labute approximate surface area is 90.1 Å². The molecule has 70 valence electrons. The first-order valence-corrected chi connectivity index (χ1v) is 5.26. The summed E-state index contributed by atoms with van der Waals surface area (Å²) in [5.74, 6) is 0.786. The Morgan fingerprint density at radius 1 is 1.54 bits per heavy atom. The molecule has 0 fully saturated rings. The highest BCUT2D eigenvalue weighted by Gasteiger charge is 2.18. The van der Waals surface area contributed by atoms with Gasteiger partial charge in [-0.2, -0.15) is 0 Å². The second-order valence-corrected chi connectivity index (χ2v) is 4.22. The van der Waals surface area contributed by atoms with Crippen molar-refractivity contribution in [2.45, 2.75) is 12.8 Å². The van der Waals surface area contributed by atoms with Crippen molar-refractivity contribution in [1.82, 2.24) is 0 Å². The molecule has 1 aromatic carbocycles. The van der Waals surface area contributed by atoms with Gasteiger partial charge in [-0.25, -0.2) is 0 Å². The van der Waals surface area contributed by atoms with E-state index in [9.17, 15) is 0 Å². The van der Waals surface area contributed by atoms with Crippen LogP contribution in [0.15, 0.2) is 10.5 Å². The summed E-state index contributed by atoms with van der Waals surface area (Å²) >= 11 is 9.43. The largest absolute Gasteiger partial charge is 0.492 e. The molecule has 0 spiro atoms. The summed E-state index contributed by atoms with van der Waals surface area (Å²) in [5.41, 5.74) is 7.53. The van der Waals surface area contributed by atoms with Gasteiger partial charge in [0.2, 0.25) is 0 Å². The first-order valence-electron chi connectivity index (χ1n) is 4.09. The van der Waals surface area contributed by atoms with Crippen LogP contribution in [-0.4, -0.2) is 6.61 Å².